The number of halogens is 3. The molecule has 6 aromatic rings. The second-order valence-corrected chi connectivity index (χ2v) is 16.2. The summed E-state index contributed by atoms with van der Waals surface area (Å²) < 4.78 is 41.5. The molecule has 0 spiro atoms. The van der Waals surface area contributed by atoms with Crippen LogP contribution in [0.3, 0.4) is 0 Å². The van der Waals surface area contributed by atoms with Gasteiger partial charge >= 0.3 is 23.1 Å². The second kappa shape index (κ2) is 18.1. The van der Waals surface area contributed by atoms with Crippen LogP contribution in [0.5, 0.6) is 5.75 Å². The minimum Gasteiger partial charge on any atom is -0.542 e. The number of primary amides is 1. The van der Waals surface area contributed by atoms with Crippen LogP contribution in [0.15, 0.2) is 91.3 Å². The van der Waals surface area contributed by atoms with Gasteiger partial charge in [-0.25, -0.2) is 14.2 Å². The summed E-state index contributed by atoms with van der Waals surface area (Å²) in [5.41, 5.74) is 8.68. The molecule has 0 bridgehead atoms. The predicted molar refractivity (Wildman–Crippen MR) is 210 cm³/mol. The summed E-state index contributed by atoms with van der Waals surface area (Å²) in [6.07, 6.45) is 3.88. The number of fused-ring (bicyclic) bond motifs is 2. The van der Waals surface area contributed by atoms with E-state index in [4.69, 9.17) is 20.4 Å². The van der Waals surface area contributed by atoms with E-state index < -0.39 is 36.1 Å². The summed E-state index contributed by atoms with van der Waals surface area (Å²) in [4.78, 5) is 53.2. The van der Waals surface area contributed by atoms with E-state index in [1.54, 1.807) is 47.7 Å². The van der Waals surface area contributed by atoms with Crippen LogP contribution in [0.4, 0.5) is 23.0 Å². The number of phenolic OH excluding ortho intramolecular Hbond substituents is 1. The number of thiophene rings is 1. The van der Waals surface area contributed by atoms with E-state index >= 15 is 0 Å². The fourth-order valence-corrected chi connectivity index (χ4v) is 8.47. The fraction of sp³-hybridized carbons (Fsp3) is 0.293. The second-order valence-electron chi connectivity index (χ2n) is 13.9. The molecule has 4 N–H and O–H groups in total. The number of carboxylic acid groups (broad SMARTS) is 1. The molecule has 1 atom stereocenters. The van der Waals surface area contributed by atoms with Gasteiger partial charge in [0, 0.05) is 11.3 Å². The number of aliphatic carboxylic acids is 1. The SMILES string of the molecule is Cc1c[n+]2cc(CN(C(=O)Nc3ccc(C(=O)OC4CCCCC4)s3)[C@@H](Cc3ccc(O)cc3)C(N)=O)n(Cc3ccc4ccccc4c3)c2s1.O=C([O-])C(F)(F)F. The van der Waals surface area contributed by atoms with Gasteiger partial charge in [0.15, 0.2) is 5.69 Å². The molecule has 1 saturated carbocycles. The van der Waals surface area contributed by atoms with Gasteiger partial charge in [0.2, 0.25) is 5.91 Å². The van der Waals surface area contributed by atoms with Crippen LogP contribution in [-0.4, -0.2) is 56.8 Å². The van der Waals surface area contributed by atoms with E-state index in [0.29, 0.717) is 16.4 Å². The van der Waals surface area contributed by atoms with Crippen molar-refractivity contribution >= 4 is 67.3 Å². The monoisotopic (exact) mass is 835 g/mol. The number of rotatable bonds is 11. The smallest absolute Gasteiger partial charge is 0.430 e. The van der Waals surface area contributed by atoms with Crippen molar-refractivity contribution in [3.8, 4) is 5.75 Å². The summed E-state index contributed by atoms with van der Waals surface area (Å²) in [5, 5.41) is 24.3. The number of nitrogens with one attached hydrogen (secondary N) is 1. The number of carbonyl (C=O) groups excluding carboxylic acids is 4. The number of nitrogens with zero attached hydrogens (tertiary/aromatic N) is 3. The fourth-order valence-electron chi connectivity index (χ4n) is 6.73. The Balaban J connectivity index is 0.000000743. The molecule has 3 amide bonds. The van der Waals surface area contributed by atoms with Crippen LogP contribution in [-0.2, 0) is 33.8 Å². The third-order valence-corrected chi connectivity index (χ3v) is 11.6. The lowest BCUT2D eigenvalue weighted by Crippen LogP contribution is -2.50. The van der Waals surface area contributed by atoms with Crippen molar-refractivity contribution in [2.75, 3.05) is 5.32 Å². The van der Waals surface area contributed by atoms with Crippen molar-refractivity contribution in [2.45, 2.75) is 76.9 Å². The Kier molecular flexibility index (Phi) is 13.0. The zero-order valence-corrected chi connectivity index (χ0v) is 32.9. The molecule has 1 fully saturated rings. The lowest BCUT2D eigenvalue weighted by molar-refractivity contribution is -0.506. The lowest BCUT2D eigenvalue weighted by atomic mass is 9.98. The number of urea groups is 1. The molecule has 1 aliphatic rings. The van der Waals surface area contributed by atoms with Gasteiger partial charge < -0.3 is 30.4 Å². The number of carboxylic acids is 1. The molecule has 3 aromatic heterocycles. The molecular weight excluding hydrogens is 796 g/mol. The van der Waals surface area contributed by atoms with Gasteiger partial charge in [-0.05, 0) is 84.8 Å². The van der Waals surface area contributed by atoms with Gasteiger partial charge in [-0.3, -0.25) is 10.1 Å². The van der Waals surface area contributed by atoms with Crippen LogP contribution in [0, 0.1) is 6.92 Å². The molecule has 58 heavy (non-hydrogen) atoms. The average Bonchev–Trinajstić information content (AvgIpc) is 3.89. The van der Waals surface area contributed by atoms with E-state index in [2.05, 4.69) is 51.5 Å². The predicted octanol–water partition coefficient (Wildman–Crippen LogP) is 6.48. The Morgan fingerprint density at radius 2 is 1.64 bits per heavy atom. The number of hydrogen-bond acceptors (Lipinski definition) is 9. The van der Waals surface area contributed by atoms with Crippen LogP contribution < -0.4 is 20.6 Å². The van der Waals surface area contributed by atoms with Crippen LogP contribution >= 0.6 is 22.7 Å². The van der Waals surface area contributed by atoms with Crippen LogP contribution in [0.1, 0.15) is 63.5 Å². The summed E-state index contributed by atoms with van der Waals surface area (Å²) in [7, 11) is 0. The molecule has 7 rings (SSSR count). The van der Waals surface area contributed by atoms with Gasteiger partial charge in [0.05, 0.1) is 11.5 Å². The molecule has 3 heterocycles. The first kappa shape index (κ1) is 41.7. The maximum atomic E-state index is 14.3. The Morgan fingerprint density at radius 1 is 0.966 bits per heavy atom. The van der Waals surface area contributed by atoms with Gasteiger partial charge in [0.1, 0.15) is 47.7 Å². The van der Waals surface area contributed by atoms with Crippen molar-refractivity contribution in [3.63, 3.8) is 0 Å². The average molecular weight is 836 g/mol. The zero-order valence-electron chi connectivity index (χ0n) is 31.2. The number of aromatic hydroxyl groups is 1. The first-order valence-corrected chi connectivity index (χ1v) is 20.0. The van der Waals surface area contributed by atoms with Crippen LogP contribution in [0.2, 0.25) is 0 Å². The van der Waals surface area contributed by atoms with E-state index in [1.165, 1.54) is 4.90 Å². The third kappa shape index (κ3) is 10.5. The highest BCUT2D eigenvalue weighted by molar-refractivity contribution is 7.18. The number of imidazole rings is 1. The lowest BCUT2D eigenvalue weighted by Gasteiger charge is -2.29. The summed E-state index contributed by atoms with van der Waals surface area (Å²) in [6, 6.07) is 22.9. The minimum atomic E-state index is -5.19. The summed E-state index contributed by atoms with van der Waals surface area (Å²) in [5.74, 6) is -3.98. The maximum Gasteiger partial charge on any atom is 0.430 e. The minimum absolute atomic E-state index is 0.0699. The van der Waals surface area contributed by atoms with Gasteiger partial charge in [-0.2, -0.15) is 17.6 Å². The maximum absolute atomic E-state index is 14.3. The summed E-state index contributed by atoms with van der Waals surface area (Å²) >= 11 is 2.78. The Hall–Kier alpha value is -5.94. The number of alkyl halides is 3. The number of anilines is 1. The van der Waals surface area contributed by atoms with Gasteiger partial charge in [0.25, 0.3) is 0 Å². The molecule has 0 unspecified atom stereocenters. The van der Waals surface area contributed by atoms with E-state index in [9.17, 15) is 32.7 Å². The van der Waals surface area contributed by atoms with Crippen molar-refractivity contribution in [1.29, 1.82) is 0 Å². The Morgan fingerprint density at radius 3 is 2.31 bits per heavy atom. The number of carbonyl (C=O) groups is 4. The number of ether oxygens (including phenoxy) is 1. The molecule has 0 saturated heterocycles. The standard InChI is InChI=1S/C39H39N5O5S2.C2HF3O2/c1-25-21-42-23-30(43(39(42)50-25)22-27-11-14-28-7-5-6-8-29(28)19-27)24-44(33(36(40)46)20-26-12-15-31(45)16-13-26)38(48)41-35-18-17-34(51-35)37(47)49-32-9-3-2-4-10-32;3-2(4,5)1(6)7/h5-8,11-19,21,23,32-33H,2-4,9-10,20,22,24H2,1H3,(H3-,40,41,45,46,47,48);(H,6,7)/t33-;/m0./s1. The number of nitrogens with two attached hydrogens (primary N) is 1. The molecule has 12 nitrogen and oxygen atoms in total. The number of aryl methyl sites for hydroxylation is 1. The molecule has 3 aromatic carbocycles. The summed E-state index contributed by atoms with van der Waals surface area (Å²) in [6.45, 7) is 2.67. The number of hydrogen-bond donors (Lipinski definition) is 3. The van der Waals surface area contributed by atoms with E-state index in [-0.39, 0.29) is 24.8 Å². The first-order chi connectivity index (χ1) is 27.6. The normalized spacial score (nSPS) is 13.7. The topological polar surface area (TPSA) is 171 Å². The largest absolute Gasteiger partial charge is 0.542 e. The highest BCUT2D eigenvalue weighted by atomic mass is 32.1. The van der Waals surface area contributed by atoms with Crippen molar-refractivity contribution < 1.29 is 51.7 Å². The molecule has 304 valence electrons. The number of aromatic nitrogens is 2. The number of thiazole rings is 1. The molecule has 0 aliphatic heterocycles. The highest BCUT2D eigenvalue weighted by Gasteiger charge is 2.33. The first-order valence-electron chi connectivity index (χ1n) is 18.4. The van der Waals surface area contributed by atoms with Gasteiger partial charge in [-0.1, -0.05) is 66.3 Å². The molecular formula is C41H40F3N5O7S2. The number of phenols is 1. The number of amides is 3. The molecule has 0 radical (unpaired) electrons. The Bertz CT molecular complexity index is 2420. The molecule has 1 aliphatic carbocycles. The number of benzene rings is 3. The highest BCUT2D eigenvalue weighted by Crippen LogP contribution is 2.28. The number of esters is 1. The van der Waals surface area contributed by atoms with E-state index in [1.807, 2.05) is 24.5 Å². The van der Waals surface area contributed by atoms with Crippen LogP contribution in [0.25, 0.3) is 15.7 Å². The van der Waals surface area contributed by atoms with Crippen molar-refractivity contribution in [1.82, 2.24) is 9.47 Å². The van der Waals surface area contributed by atoms with Gasteiger partial charge in [-0.15, -0.1) is 11.3 Å². The van der Waals surface area contributed by atoms with E-state index in [0.717, 1.165) is 80.9 Å². The molecule has 17 heteroatoms. The third-order valence-electron chi connectivity index (χ3n) is 9.57. The zero-order chi connectivity index (χ0) is 41.6. The quantitative estimate of drug-likeness (QED) is 0.0990. The van der Waals surface area contributed by atoms with Crippen molar-refractivity contribution in [3.05, 3.63) is 118 Å². The van der Waals surface area contributed by atoms with Crippen molar-refractivity contribution in [2.24, 2.45) is 5.73 Å². The Labute approximate surface area is 338 Å².